The molecule has 0 bridgehead atoms. The Kier molecular flexibility index (Phi) is 4.93. The van der Waals surface area contributed by atoms with Crippen molar-refractivity contribution >= 4 is 33.6 Å². The molecule has 3 heterocycles. The van der Waals surface area contributed by atoms with E-state index in [9.17, 15) is 0 Å². The van der Waals surface area contributed by atoms with Crippen molar-refractivity contribution in [1.29, 1.82) is 0 Å². The molecule has 3 aromatic carbocycles. The molecule has 0 fully saturated rings. The van der Waals surface area contributed by atoms with E-state index in [1.807, 2.05) is 36.7 Å². The number of benzene rings is 3. The first-order valence-corrected chi connectivity index (χ1v) is 11.7. The topological polar surface area (TPSA) is 30.7 Å². The average Bonchev–Trinajstić information content (AvgIpc) is 3.19. The summed E-state index contributed by atoms with van der Waals surface area (Å²) in [6, 6.07) is 34.1. The smallest absolute Gasteiger partial charge is 0.140 e. The van der Waals surface area contributed by atoms with Crippen LogP contribution in [0.25, 0.3) is 38.8 Å². The highest BCUT2D eigenvalue weighted by molar-refractivity contribution is 7.99. The van der Waals surface area contributed by atoms with E-state index in [1.165, 1.54) is 37.8 Å². The number of rotatable bonds is 4. The van der Waals surface area contributed by atoms with Crippen LogP contribution in [0.4, 0.5) is 0 Å². The summed E-state index contributed by atoms with van der Waals surface area (Å²) < 4.78 is 2.29. The number of nitrogens with zero attached hydrogens (tertiary/aromatic N) is 3. The molecule has 158 valence electrons. The van der Waals surface area contributed by atoms with Crippen molar-refractivity contribution in [1.82, 2.24) is 14.5 Å². The summed E-state index contributed by atoms with van der Waals surface area (Å²) in [7, 11) is 0. The van der Waals surface area contributed by atoms with Crippen molar-refractivity contribution in [3.05, 3.63) is 115 Å². The van der Waals surface area contributed by atoms with Crippen LogP contribution < -0.4 is 0 Å². The molecule has 3 aromatic heterocycles. The van der Waals surface area contributed by atoms with Crippen LogP contribution in [0.5, 0.6) is 0 Å². The van der Waals surface area contributed by atoms with Gasteiger partial charge in [-0.05, 0) is 66.1 Å². The monoisotopic (exact) mass is 443 g/mol. The summed E-state index contributed by atoms with van der Waals surface area (Å²) in [4.78, 5) is 10.4. The third-order valence-corrected chi connectivity index (χ3v) is 6.84. The molecule has 0 aliphatic rings. The third-order valence-electron chi connectivity index (χ3n) is 5.89. The predicted octanol–water partition coefficient (Wildman–Crippen LogP) is 7.70. The van der Waals surface area contributed by atoms with E-state index in [-0.39, 0.29) is 0 Å². The predicted molar refractivity (Wildman–Crippen MR) is 137 cm³/mol. The molecule has 0 saturated heterocycles. The zero-order valence-corrected chi connectivity index (χ0v) is 19.0. The van der Waals surface area contributed by atoms with Crippen LogP contribution in [0, 0.1) is 6.92 Å². The van der Waals surface area contributed by atoms with Gasteiger partial charge >= 0.3 is 0 Å². The van der Waals surface area contributed by atoms with E-state index >= 15 is 0 Å². The van der Waals surface area contributed by atoms with Gasteiger partial charge in [-0.3, -0.25) is 4.57 Å². The quantitative estimate of drug-likeness (QED) is 0.280. The molecule has 4 heteroatoms. The Morgan fingerprint density at radius 2 is 1.45 bits per heavy atom. The number of pyridine rings is 2. The average molecular weight is 444 g/mol. The summed E-state index contributed by atoms with van der Waals surface area (Å²) in [6.45, 7) is 2.12. The Bertz CT molecular complexity index is 1600. The molecule has 3 nitrogen and oxygen atoms in total. The van der Waals surface area contributed by atoms with Gasteiger partial charge in [0.1, 0.15) is 10.8 Å². The summed E-state index contributed by atoms with van der Waals surface area (Å²) in [5.41, 5.74) is 5.86. The molecule has 0 atom stereocenters. The Hall–Kier alpha value is -3.89. The highest BCUT2D eigenvalue weighted by atomic mass is 32.2. The minimum absolute atomic E-state index is 0.973. The molecule has 33 heavy (non-hydrogen) atoms. The van der Waals surface area contributed by atoms with Crippen LogP contribution in [0.1, 0.15) is 5.56 Å². The minimum Gasteiger partial charge on any atom is -0.294 e. The first-order chi connectivity index (χ1) is 16.3. The van der Waals surface area contributed by atoms with Gasteiger partial charge in [-0.1, -0.05) is 66.4 Å². The van der Waals surface area contributed by atoms with Crippen LogP contribution in [0.15, 0.2) is 119 Å². The fourth-order valence-corrected chi connectivity index (χ4v) is 5.19. The summed E-state index contributed by atoms with van der Waals surface area (Å²) in [5.74, 6) is 0.973. The fourth-order valence-electron chi connectivity index (χ4n) is 4.36. The maximum atomic E-state index is 4.74. The third kappa shape index (κ3) is 3.59. The molecule has 6 aromatic rings. The molecule has 0 amide bonds. The van der Waals surface area contributed by atoms with Crippen LogP contribution >= 0.6 is 11.8 Å². The van der Waals surface area contributed by atoms with Gasteiger partial charge in [-0.15, -0.1) is 0 Å². The van der Waals surface area contributed by atoms with Crippen molar-refractivity contribution < 1.29 is 0 Å². The zero-order chi connectivity index (χ0) is 22.2. The largest absolute Gasteiger partial charge is 0.294 e. The van der Waals surface area contributed by atoms with Gasteiger partial charge in [0, 0.05) is 28.1 Å². The van der Waals surface area contributed by atoms with Gasteiger partial charge in [0.15, 0.2) is 0 Å². The van der Waals surface area contributed by atoms with E-state index in [1.54, 1.807) is 11.8 Å². The maximum absolute atomic E-state index is 4.74. The van der Waals surface area contributed by atoms with Crippen LogP contribution in [0.2, 0.25) is 0 Å². The zero-order valence-electron chi connectivity index (χ0n) is 18.1. The van der Waals surface area contributed by atoms with Crippen molar-refractivity contribution in [2.75, 3.05) is 0 Å². The molecule has 6 rings (SSSR count). The lowest BCUT2D eigenvalue weighted by atomic mass is 10.0. The standard InChI is InChI=1S/C29H21N3S/c1-20-8-7-17-31-29(20)32-26-12-3-2-11-24(26)25-15-14-22(19-27(25)32)21-9-6-10-23(18-21)33-28-13-4-5-16-30-28/h2-19H,1H3. The molecule has 0 N–H and O–H groups in total. The first-order valence-electron chi connectivity index (χ1n) is 10.9. The molecule has 0 aliphatic carbocycles. The number of hydrogen-bond acceptors (Lipinski definition) is 3. The van der Waals surface area contributed by atoms with Gasteiger partial charge in [0.2, 0.25) is 0 Å². The number of para-hydroxylation sites is 1. The van der Waals surface area contributed by atoms with Gasteiger partial charge in [-0.2, -0.15) is 0 Å². The normalized spacial score (nSPS) is 11.3. The Morgan fingerprint density at radius 1 is 0.636 bits per heavy atom. The van der Waals surface area contributed by atoms with E-state index in [2.05, 4.69) is 89.3 Å². The van der Waals surface area contributed by atoms with Crippen molar-refractivity contribution in [2.24, 2.45) is 0 Å². The van der Waals surface area contributed by atoms with Crippen LogP contribution in [0.3, 0.4) is 0 Å². The van der Waals surface area contributed by atoms with Gasteiger partial charge in [0.05, 0.1) is 11.0 Å². The van der Waals surface area contributed by atoms with E-state index in [4.69, 9.17) is 4.98 Å². The summed E-state index contributed by atoms with van der Waals surface area (Å²) in [5, 5.41) is 3.47. The molecular weight excluding hydrogens is 422 g/mol. The molecular formula is C29H21N3S. The van der Waals surface area contributed by atoms with E-state index in [0.717, 1.165) is 16.4 Å². The maximum Gasteiger partial charge on any atom is 0.140 e. The lowest BCUT2D eigenvalue weighted by Crippen LogP contribution is -1.99. The number of aromatic nitrogens is 3. The van der Waals surface area contributed by atoms with Crippen LogP contribution in [-0.4, -0.2) is 14.5 Å². The Labute approximate surface area is 196 Å². The van der Waals surface area contributed by atoms with Gasteiger partial charge in [0.25, 0.3) is 0 Å². The summed E-state index contributed by atoms with van der Waals surface area (Å²) in [6.07, 6.45) is 3.70. The lowest BCUT2D eigenvalue weighted by molar-refractivity contribution is 1.05. The SMILES string of the molecule is Cc1cccnc1-n1c2ccccc2c2ccc(-c3cccc(Sc4ccccn4)c3)cc21. The highest BCUT2D eigenvalue weighted by Gasteiger charge is 2.15. The minimum atomic E-state index is 0.973. The Balaban J connectivity index is 1.52. The van der Waals surface area contributed by atoms with Crippen LogP contribution in [-0.2, 0) is 0 Å². The fraction of sp³-hybridized carbons (Fsp3) is 0.0345. The van der Waals surface area contributed by atoms with Gasteiger partial charge in [-0.25, -0.2) is 9.97 Å². The molecule has 0 spiro atoms. The molecule has 0 aliphatic heterocycles. The van der Waals surface area contributed by atoms with E-state index < -0.39 is 0 Å². The molecule has 0 unspecified atom stereocenters. The number of hydrogen-bond donors (Lipinski definition) is 0. The van der Waals surface area contributed by atoms with Crippen molar-refractivity contribution in [3.8, 4) is 16.9 Å². The lowest BCUT2D eigenvalue weighted by Gasteiger charge is -2.11. The number of fused-ring (bicyclic) bond motifs is 3. The van der Waals surface area contributed by atoms with Gasteiger partial charge < -0.3 is 0 Å². The Morgan fingerprint density at radius 3 is 2.33 bits per heavy atom. The molecule has 0 radical (unpaired) electrons. The van der Waals surface area contributed by atoms with Crippen molar-refractivity contribution in [3.63, 3.8) is 0 Å². The highest BCUT2D eigenvalue weighted by Crippen LogP contribution is 2.36. The van der Waals surface area contributed by atoms with E-state index in [0.29, 0.717) is 0 Å². The first kappa shape index (κ1) is 19.8. The van der Waals surface area contributed by atoms with Crippen molar-refractivity contribution in [2.45, 2.75) is 16.8 Å². The second-order valence-corrected chi connectivity index (χ2v) is 9.12. The molecule has 0 saturated carbocycles. The number of aryl methyl sites for hydroxylation is 1. The summed E-state index contributed by atoms with van der Waals surface area (Å²) >= 11 is 1.68. The second kappa shape index (κ2) is 8.23. The second-order valence-electron chi connectivity index (χ2n) is 8.03.